The van der Waals surface area contributed by atoms with Gasteiger partial charge in [-0.2, -0.15) is 0 Å². The average Bonchev–Trinajstić information content (AvgIpc) is 2.91. The van der Waals surface area contributed by atoms with Gasteiger partial charge in [-0.3, -0.25) is 14.4 Å². The first-order chi connectivity index (χ1) is 18.9. The Hall–Kier alpha value is -2.40. The molecule has 0 aromatic heterocycles. The number of hydrogen-bond donors (Lipinski definition) is 4. The van der Waals surface area contributed by atoms with Gasteiger partial charge in [0.1, 0.15) is 5.75 Å². The first-order valence-corrected chi connectivity index (χ1v) is 14.3. The van der Waals surface area contributed by atoms with E-state index in [4.69, 9.17) is 15.2 Å². The molecule has 4 unspecified atom stereocenters. The van der Waals surface area contributed by atoms with Crippen molar-refractivity contribution >= 4 is 30.1 Å². The summed E-state index contributed by atoms with van der Waals surface area (Å²) < 4.78 is 10.9. The summed E-state index contributed by atoms with van der Waals surface area (Å²) in [6, 6.07) is 6.59. The smallest absolute Gasteiger partial charge is 0.255 e. The van der Waals surface area contributed by atoms with E-state index in [2.05, 4.69) is 24.5 Å². The molecule has 0 bridgehead atoms. The molecule has 1 aromatic carbocycles. The number of unbranched alkanes of at least 4 members (excludes halogenated alkanes) is 1. The number of likely N-dealkylation sites (N-methyl/N-ethyl adjacent to an activating group) is 1. The zero-order valence-corrected chi connectivity index (χ0v) is 26.7. The van der Waals surface area contributed by atoms with E-state index in [1.807, 2.05) is 19.9 Å². The fourth-order valence-electron chi connectivity index (χ4n) is 4.30. The SMILES string of the molecule is COCCCCOc1ccccc1C(=O)NCC(CC(N)C(O)CC(C(=O)NCC(=O)N(C)C)C(C)C)C(C)C.Cl. The van der Waals surface area contributed by atoms with Gasteiger partial charge in [-0.1, -0.05) is 39.8 Å². The predicted octanol–water partition coefficient (Wildman–Crippen LogP) is 2.86. The first-order valence-electron chi connectivity index (χ1n) is 14.3. The summed E-state index contributed by atoms with van der Waals surface area (Å²) in [5.74, 6) is -0.480. The van der Waals surface area contributed by atoms with Gasteiger partial charge >= 0.3 is 0 Å². The Morgan fingerprint density at radius 3 is 2.20 bits per heavy atom. The Bertz CT molecular complexity index is 915. The zero-order chi connectivity index (χ0) is 30.2. The molecule has 0 radical (unpaired) electrons. The predicted molar refractivity (Wildman–Crippen MR) is 164 cm³/mol. The molecule has 0 fully saturated rings. The van der Waals surface area contributed by atoms with Crippen molar-refractivity contribution in [3.05, 3.63) is 29.8 Å². The van der Waals surface area contributed by atoms with Crippen molar-refractivity contribution in [1.29, 1.82) is 0 Å². The second-order valence-electron chi connectivity index (χ2n) is 11.3. The average molecular weight is 601 g/mol. The second-order valence-corrected chi connectivity index (χ2v) is 11.3. The number of ether oxygens (including phenoxy) is 2. The van der Waals surface area contributed by atoms with Crippen LogP contribution in [0.4, 0.5) is 0 Å². The number of carbonyl (C=O) groups excluding carboxylic acids is 3. The van der Waals surface area contributed by atoms with Crippen LogP contribution in [-0.2, 0) is 14.3 Å². The number of aliphatic hydroxyl groups is 1. The molecule has 11 heteroatoms. The van der Waals surface area contributed by atoms with Gasteiger partial charge in [-0.25, -0.2) is 0 Å². The van der Waals surface area contributed by atoms with Gasteiger partial charge in [-0.15, -0.1) is 12.4 Å². The normalized spacial score (nSPS) is 14.0. The van der Waals surface area contributed by atoms with E-state index in [-0.39, 0.29) is 60.8 Å². The fraction of sp³-hybridized carbons (Fsp3) is 0.700. The minimum absolute atomic E-state index is 0. The highest BCUT2D eigenvalue weighted by Crippen LogP contribution is 2.24. The summed E-state index contributed by atoms with van der Waals surface area (Å²) in [6.07, 6.45) is 1.46. The largest absolute Gasteiger partial charge is 0.493 e. The number of benzene rings is 1. The summed E-state index contributed by atoms with van der Waals surface area (Å²) in [5.41, 5.74) is 6.89. The van der Waals surface area contributed by atoms with E-state index in [1.165, 1.54) is 4.90 Å². The maximum atomic E-state index is 13.0. The highest BCUT2D eigenvalue weighted by molar-refractivity contribution is 5.96. The summed E-state index contributed by atoms with van der Waals surface area (Å²) in [7, 11) is 4.92. The molecule has 1 aromatic rings. The number of aliphatic hydroxyl groups excluding tert-OH is 1. The lowest BCUT2D eigenvalue weighted by Crippen LogP contribution is -2.45. The molecule has 0 saturated carbocycles. The van der Waals surface area contributed by atoms with Gasteiger partial charge in [0.05, 0.1) is 24.8 Å². The van der Waals surface area contributed by atoms with Crippen LogP contribution in [0, 0.1) is 23.7 Å². The van der Waals surface area contributed by atoms with Crippen molar-refractivity contribution in [1.82, 2.24) is 15.5 Å². The number of amides is 3. The Labute approximate surface area is 252 Å². The maximum Gasteiger partial charge on any atom is 0.255 e. The van der Waals surface area contributed by atoms with E-state index in [1.54, 1.807) is 39.4 Å². The number of nitrogens with two attached hydrogens (primary N) is 1. The molecule has 10 nitrogen and oxygen atoms in total. The van der Waals surface area contributed by atoms with Crippen molar-refractivity contribution in [2.24, 2.45) is 29.4 Å². The Kier molecular flexibility index (Phi) is 19.3. The van der Waals surface area contributed by atoms with Gasteiger partial charge in [-0.05, 0) is 55.6 Å². The highest BCUT2D eigenvalue weighted by Gasteiger charge is 2.30. The fourth-order valence-corrected chi connectivity index (χ4v) is 4.30. The molecule has 0 aliphatic rings. The van der Waals surface area contributed by atoms with Crippen LogP contribution in [0.1, 0.15) is 63.7 Å². The molecule has 3 amide bonds. The lowest BCUT2D eigenvalue weighted by atomic mass is 9.83. The minimum atomic E-state index is -0.910. The Morgan fingerprint density at radius 1 is 0.976 bits per heavy atom. The van der Waals surface area contributed by atoms with Crippen LogP contribution < -0.4 is 21.1 Å². The molecular formula is C30H53ClN4O6. The maximum absolute atomic E-state index is 13.0. The summed E-state index contributed by atoms with van der Waals surface area (Å²) in [4.78, 5) is 39.1. The number of hydrogen-bond acceptors (Lipinski definition) is 7. The van der Waals surface area contributed by atoms with Gasteiger partial charge < -0.3 is 35.8 Å². The van der Waals surface area contributed by atoms with E-state index in [0.29, 0.717) is 37.5 Å². The van der Waals surface area contributed by atoms with Crippen molar-refractivity contribution in [2.75, 3.05) is 47.5 Å². The third-order valence-corrected chi connectivity index (χ3v) is 7.22. The molecule has 4 atom stereocenters. The van der Waals surface area contributed by atoms with Crippen LogP contribution in [0.2, 0.25) is 0 Å². The number of methoxy groups -OCH3 is 1. The van der Waals surface area contributed by atoms with Gasteiger partial charge in [0.25, 0.3) is 5.91 Å². The quantitative estimate of drug-likeness (QED) is 0.179. The molecular weight excluding hydrogens is 548 g/mol. The van der Waals surface area contributed by atoms with Crippen molar-refractivity contribution < 1.29 is 29.0 Å². The van der Waals surface area contributed by atoms with E-state index in [9.17, 15) is 19.5 Å². The van der Waals surface area contributed by atoms with Crippen molar-refractivity contribution in [3.63, 3.8) is 0 Å². The number of carbonyl (C=O) groups is 3. The van der Waals surface area contributed by atoms with E-state index in [0.717, 1.165) is 12.8 Å². The third kappa shape index (κ3) is 14.4. The van der Waals surface area contributed by atoms with Crippen LogP contribution in [0.15, 0.2) is 24.3 Å². The molecule has 0 spiro atoms. The Balaban J connectivity index is 0.0000160. The summed E-state index contributed by atoms with van der Waals surface area (Å²) in [6.45, 7) is 9.39. The van der Waals surface area contributed by atoms with E-state index < -0.39 is 18.1 Å². The summed E-state index contributed by atoms with van der Waals surface area (Å²) >= 11 is 0. The topological polar surface area (TPSA) is 143 Å². The van der Waals surface area contributed by atoms with Crippen LogP contribution in [0.5, 0.6) is 5.75 Å². The zero-order valence-electron chi connectivity index (χ0n) is 25.9. The number of rotatable bonds is 19. The van der Waals surface area contributed by atoms with Gasteiger partial charge in [0, 0.05) is 46.3 Å². The van der Waals surface area contributed by atoms with Crippen LogP contribution in [0.3, 0.4) is 0 Å². The first kappa shape index (κ1) is 38.6. The van der Waals surface area contributed by atoms with Crippen LogP contribution in [0.25, 0.3) is 0 Å². The number of halogens is 1. The van der Waals surface area contributed by atoms with Crippen molar-refractivity contribution in [3.8, 4) is 5.75 Å². The van der Waals surface area contributed by atoms with Crippen molar-refractivity contribution in [2.45, 2.75) is 65.5 Å². The van der Waals surface area contributed by atoms with Gasteiger partial charge in [0.2, 0.25) is 11.8 Å². The molecule has 41 heavy (non-hydrogen) atoms. The van der Waals surface area contributed by atoms with E-state index >= 15 is 0 Å². The molecule has 5 N–H and O–H groups in total. The standard InChI is InChI=1S/C30H52N4O6.ClH/c1-20(2)22(18-32-29(37)23-12-8-9-13-27(23)40-15-11-10-14-39-7)16-25(31)26(35)17-24(21(3)4)30(38)33-19-28(36)34(5)6;/h8-9,12-13,20-22,24-26,35H,10-11,14-19,31H2,1-7H3,(H,32,37)(H,33,38);1H. The Morgan fingerprint density at radius 2 is 1.61 bits per heavy atom. The lowest BCUT2D eigenvalue weighted by Gasteiger charge is -2.30. The number of nitrogens with zero attached hydrogens (tertiary/aromatic N) is 1. The highest BCUT2D eigenvalue weighted by atomic mass is 35.5. The monoisotopic (exact) mass is 600 g/mol. The molecule has 0 heterocycles. The molecule has 236 valence electrons. The van der Waals surface area contributed by atoms with Crippen LogP contribution in [-0.4, -0.2) is 87.4 Å². The third-order valence-electron chi connectivity index (χ3n) is 7.22. The molecule has 0 saturated heterocycles. The number of para-hydroxylation sites is 1. The molecule has 0 aliphatic heterocycles. The summed E-state index contributed by atoms with van der Waals surface area (Å²) in [5, 5.41) is 16.6. The molecule has 1 rings (SSSR count). The second kappa shape index (κ2) is 20.5. The van der Waals surface area contributed by atoms with Crippen LogP contribution >= 0.6 is 12.4 Å². The van der Waals surface area contributed by atoms with Gasteiger partial charge in [0.15, 0.2) is 0 Å². The number of nitrogens with one attached hydrogen (secondary N) is 2. The minimum Gasteiger partial charge on any atom is -0.493 e. The molecule has 0 aliphatic carbocycles. The lowest BCUT2D eigenvalue weighted by molar-refractivity contribution is -0.133.